The molecule has 5 nitrogen and oxygen atoms in total. The summed E-state index contributed by atoms with van der Waals surface area (Å²) in [7, 11) is 1.78. The number of rotatable bonds is 4. The molecule has 86 valence electrons. The zero-order valence-electron chi connectivity index (χ0n) is 9.54. The zero-order chi connectivity index (χ0) is 11.4. The van der Waals surface area contributed by atoms with Gasteiger partial charge in [-0.1, -0.05) is 0 Å². The molecule has 1 fully saturated rings. The van der Waals surface area contributed by atoms with E-state index in [4.69, 9.17) is 0 Å². The van der Waals surface area contributed by atoms with E-state index in [1.807, 2.05) is 13.8 Å². The molecule has 0 bridgehead atoms. The first-order valence-electron chi connectivity index (χ1n) is 5.28. The van der Waals surface area contributed by atoms with E-state index in [2.05, 4.69) is 10.6 Å². The van der Waals surface area contributed by atoms with Crippen LogP contribution in [-0.2, 0) is 9.59 Å². The number of likely N-dealkylation sites (tertiary alicyclic amines) is 1. The summed E-state index contributed by atoms with van der Waals surface area (Å²) < 4.78 is 0. The van der Waals surface area contributed by atoms with E-state index in [0.29, 0.717) is 0 Å². The highest BCUT2D eigenvalue weighted by molar-refractivity contribution is 5.85. The summed E-state index contributed by atoms with van der Waals surface area (Å²) in [6.45, 7) is 4.80. The van der Waals surface area contributed by atoms with Gasteiger partial charge in [0.25, 0.3) is 0 Å². The minimum atomic E-state index is -0.187. The number of hydrogen-bond donors (Lipinski definition) is 2. The first kappa shape index (κ1) is 12.0. The first-order chi connectivity index (χ1) is 7.00. The molecule has 0 aliphatic carbocycles. The van der Waals surface area contributed by atoms with Crippen LogP contribution in [0.15, 0.2) is 0 Å². The van der Waals surface area contributed by atoms with Crippen LogP contribution in [0.25, 0.3) is 0 Å². The smallest absolute Gasteiger partial charge is 0.239 e. The Labute approximate surface area is 90.2 Å². The summed E-state index contributed by atoms with van der Waals surface area (Å²) in [5, 5.41) is 5.73. The summed E-state index contributed by atoms with van der Waals surface area (Å²) in [4.78, 5) is 24.5. The van der Waals surface area contributed by atoms with Gasteiger partial charge >= 0.3 is 0 Å². The van der Waals surface area contributed by atoms with Crippen LogP contribution in [0.4, 0.5) is 0 Å². The number of carbonyl (C=O) groups is 2. The number of nitrogens with zero attached hydrogens (tertiary/aromatic N) is 1. The first-order valence-corrected chi connectivity index (χ1v) is 5.28. The Hall–Kier alpha value is -1.10. The van der Waals surface area contributed by atoms with Gasteiger partial charge in [0.05, 0.1) is 12.6 Å². The predicted octanol–water partition coefficient (Wildman–Crippen LogP) is -0.669. The molecule has 2 N–H and O–H groups in total. The van der Waals surface area contributed by atoms with E-state index >= 15 is 0 Å². The normalized spacial score (nSPS) is 21.2. The molecule has 1 heterocycles. The predicted molar refractivity (Wildman–Crippen MR) is 57.3 cm³/mol. The van der Waals surface area contributed by atoms with Crippen LogP contribution in [0.3, 0.4) is 0 Å². The number of nitrogens with one attached hydrogen (secondary N) is 2. The van der Waals surface area contributed by atoms with Crippen LogP contribution in [0.5, 0.6) is 0 Å². The molecule has 5 heteroatoms. The van der Waals surface area contributed by atoms with E-state index in [9.17, 15) is 9.59 Å². The van der Waals surface area contributed by atoms with Gasteiger partial charge in [-0.25, -0.2) is 0 Å². The Balaban J connectivity index is 2.26. The van der Waals surface area contributed by atoms with Gasteiger partial charge in [-0.15, -0.1) is 0 Å². The Kier molecular flexibility index (Phi) is 4.08. The number of hydrogen-bond acceptors (Lipinski definition) is 3. The van der Waals surface area contributed by atoms with Crippen LogP contribution in [0, 0.1) is 0 Å². The summed E-state index contributed by atoms with van der Waals surface area (Å²) in [6, 6.07) is -0.0471. The molecule has 1 aliphatic heterocycles. The van der Waals surface area contributed by atoms with Gasteiger partial charge in [-0.3, -0.25) is 14.9 Å². The molecule has 2 amide bonds. The van der Waals surface area contributed by atoms with E-state index in [0.717, 1.165) is 13.0 Å². The molecule has 1 unspecified atom stereocenters. The van der Waals surface area contributed by atoms with Crippen molar-refractivity contribution in [1.82, 2.24) is 15.5 Å². The van der Waals surface area contributed by atoms with Crippen molar-refractivity contribution in [2.45, 2.75) is 32.4 Å². The Morgan fingerprint density at radius 3 is 2.73 bits per heavy atom. The van der Waals surface area contributed by atoms with E-state index in [1.54, 1.807) is 11.9 Å². The molecule has 1 saturated heterocycles. The maximum atomic E-state index is 11.5. The van der Waals surface area contributed by atoms with Crippen LogP contribution >= 0.6 is 0 Å². The third-order valence-electron chi connectivity index (χ3n) is 2.39. The van der Waals surface area contributed by atoms with Crippen LogP contribution in [0.1, 0.15) is 20.3 Å². The monoisotopic (exact) mass is 213 g/mol. The lowest BCUT2D eigenvalue weighted by molar-refractivity contribution is -0.128. The molecule has 15 heavy (non-hydrogen) atoms. The number of carbonyl (C=O) groups excluding carboxylic acids is 2. The van der Waals surface area contributed by atoms with E-state index < -0.39 is 0 Å². The van der Waals surface area contributed by atoms with Gasteiger partial charge < -0.3 is 10.2 Å². The highest BCUT2D eigenvalue weighted by atomic mass is 16.2. The molecule has 1 aliphatic rings. The van der Waals surface area contributed by atoms with Gasteiger partial charge in [0.2, 0.25) is 11.8 Å². The van der Waals surface area contributed by atoms with Gasteiger partial charge in [-0.05, 0) is 20.3 Å². The standard InChI is InChI=1S/C10H19N3O2/c1-7(2)12-9(14)6-11-8-4-5-13(3)10(8)15/h7-8,11H,4-6H2,1-3H3,(H,12,14). The van der Waals surface area contributed by atoms with Gasteiger partial charge in [0.1, 0.15) is 0 Å². The average Bonchev–Trinajstić information content (AvgIpc) is 2.44. The molecule has 0 spiro atoms. The highest BCUT2D eigenvalue weighted by Gasteiger charge is 2.28. The van der Waals surface area contributed by atoms with Crippen molar-refractivity contribution in [3.63, 3.8) is 0 Å². The van der Waals surface area contributed by atoms with Gasteiger partial charge in [0, 0.05) is 19.6 Å². The van der Waals surface area contributed by atoms with Crippen molar-refractivity contribution < 1.29 is 9.59 Å². The summed E-state index contributed by atoms with van der Waals surface area (Å²) in [6.07, 6.45) is 0.782. The largest absolute Gasteiger partial charge is 0.353 e. The lowest BCUT2D eigenvalue weighted by Gasteiger charge is -2.13. The number of likely N-dealkylation sites (N-methyl/N-ethyl adjacent to an activating group) is 1. The number of amides is 2. The molecule has 1 atom stereocenters. The van der Waals surface area contributed by atoms with Crippen LogP contribution in [0.2, 0.25) is 0 Å². The quantitative estimate of drug-likeness (QED) is 0.651. The maximum absolute atomic E-state index is 11.5. The second-order valence-corrected chi connectivity index (χ2v) is 4.20. The fourth-order valence-corrected chi connectivity index (χ4v) is 1.60. The van der Waals surface area contributed by atoms with Crippen LogP contribution in [-0.4, -0.2) is 48.9 Å². The third-order valence-corrected chi connectivity index (χ3v) is 2.39. The summed E-state index contributed by atoms with van der Waals surface area (Å²) >= 11 is 0. The topological polar surface area (TPSA) is 61.4 Å². The van der Waals surface area contributed by atoms with E-state index in [1.165, 1.54) is 0 Å². The van der Waals surface area contributed by atoms with Crippen molar-refractivity contribution in [3.8, 4) is 0 Å². The van der Waals surface area contributed by atoms with Crippen molar-refractivity contribution in [2.75, 3.05) is 20.1 Å². The molecule has 0 aromatic rings. The molecular weight excluding hydrogens is 194 g/mol. The van der Waals surface area contributed by atoms with Gasteiger partial charge in [0.15, 0.2) is 0 Å². The van der Waals surface area contributed by atoms with Crippen LogP contribution < -0.4 is 10.6 Å². The SMILES string of the molecule is CC(C)NC(=O)CNC1CCN(C)C1=O. The minimum Gasteiger partial charge on any atom is -0.353 e. The van der Waals surface area contributed by atoms with Crippen molar-refractivity contribution in [1.29, 1.82) is 0 Å². The highest BCUT2D eigenvalue weighted by Crippen LogP contribution is 2.07. The van der Waals surface area contributed by atoms with Crippen molar-refractivity contribution >= 4 is 11.8 Å². The minimum absolute atomic E-state index is 0.0626. The van der Waals surface area contributed by atoms with Crippen molar-refractivity contribution in [3.05, 3.63) is 0 Å². The maximum Gasteiger partial charge on any atom is 0.239 e. The molecule has 1 rings (SSSR count). The average molecular weight is 213 g/mol. The van der Waals surface area contributed by atoms with E-state index in [-0.39, 0.29) is 30.4 Å². The molecule has 0 saturated carbocycles. The summed E-state index contributed by atoms with van der Waals surface area (Å²) in [5.74, 6) is 0.0136. The fraction of sp³-hybridized carbons (Fsp3) is 0.800. The Morgan fingerprint density at radius 1 is 1.60 bits per heavy atom. The molecule has 0 aromatic carbocycles. The second kappa shape index (κ2) is 5.11. The Bertz CT molecular complexity index is 253. The Morgan fingerprint density at radius 2 is 2.27 bits per heavy atom. The lowest BCUT2D eigenvalue weighted by atomic mass is 10.2. The zero-order valence-corrected chi connectivity index (χ0v) is 9.54. The molecular formula is C10H19N3O2. The molecule has 0 aromatic heterocycles. The molecule has 0 radical (unpaired) electrons. The second-order valence-electron chi connectivity index (χ2n) is 4.20. The lowest BCUT2D eigenvalue weighted by Crippen LogP contribution is -2.44. The van der Waals surface area contributed by atoms with Gasteiger partial charge in [-0.2, -0.15) is 0 Å². The third kappa shape index (κ3) is 3.51. The van der Waals surface area contributed by atoms with Crippen molar-refractivity contribution in [2.24, 2.45) is 0 Å². The summed E-state index contributed by atoms with van der Waals surface area (Å²) in [5.41, 5.74) is 0. The fourth-order valence-electron chi connectivity index (χ4n) is 1.60.